The maximum absolute atomic E-state index is 10.8. The molecule has 0 aliphatic rings. The molecule has 0 unspecified atom stereocenters. The SMILES string of the molecule is CCCCOc1cc(CCNC(C)=O)ccc1OC. The first-order valence-electron chi connectivity index (χ1n) is 6.71. The van der Waals surface area contributed by atoms with E-state index in [-0.39, 0.29) is 5.91 Å². The fourth-order valence-electron chi connectivity index (χ4n) is 1.70. The largest absolute Gasteiger partial charge is 0.493 e. The van der Waals surface area contributed by atoms with E-state index in [2.05, 4.69) is 12.2 Å². The molecule has 0 radical (unpaired) electrons. The summed E-state index contributed by atoms with van der Waals surface area (Å²) in [6, 6.07) is 5.88. The van der Waals surface area contributed by atoms with E-state index in [1.54, 1.807) is 7.11 Å². The van der Waals surface area contributed by atoms with Gasteiger partial charge < -0.3 is 14.8 Å². The van der Waals surface area contributed by atoms with Crippen LogP contribution >= 0.6 is 0 Å². The zero-order chi connectivity index (χ0) is 14.1. The number of hydrogen-bond acceptors (Lipinski definition) is 3. The predicted molar refractivity (Wildman–Crippen MR) is 75.8 cm³/mol. The van der Waals surface area contributed by atoms with E-state index in [1.165, 1.54) is 6.92 Å². The number of carbonyl (C=O) groups is 1. The highest BCUT2D eigenvalue weighted by Crippen LogP contribution is 2.28. The van der Waals surface area contributed by atoms with Crippen LogP contribution in [0.1, 0.15) is 32.3 Å². The van der Waals surface area contributed by atoms with E-state index in [0.29, 0.717) is 13.2 Å². The lowest BCUT2D eigenvalue weighted by molar-refractivity contribution is -0.118. The van der Waals surface area contributed by atoms with Gasteiger partial charge in [-0.25, -0.2) is 0 Å². The van der Waals surface area contributed by atoms with Gasteiger partial charge in [-0.1, -0.05) is 19.4 Å². The number of nitrogens with one attached hydrogen (secondary N) is 1. The van der Waals surface area contributed by atoms with Crippen LogP contribution in [0.3, 0.4) is 0 Å². The van der Waals surface area contributed by atoms with Crippen molar-refractivity contribution >= 4 is 5.91 Å². The molecule has 19 heavy (non-hydrogen) atoms. The molecule has 1 aromatic rings. The van der Waals surface area contributed by atoms with Crippen LogP contribution in [-0.2, 0) is 11.2 Å². The van der Waals surface area contributed by atoms with Crippen molar-refractivity contribution in [3.05, 3.63) is 23.8 Å². The fraction of sp³-hybridized carbons (Fsp3) is 0.533. The summed E-state index contributed by atoms with van der Waals surface area (Å²) in [4.78, 5) is 10.8. The number of rotatable bonds is 8. The molecule has 0 fully saturated rings. The smallest absolute Gasteiger partial charge is 0.216 e. The fourth-order valence-corrected chi connectivity index (χ4v) is 1.70. The van der Waals surface area contributed by atoms with Gasteiger partial charge in [0.2, 0.25) is 5.91 Å². The predicted octanol–water partition coefficient (Wildman–Crippen LogP) is 2.55. The van der Waals surface area contributed by atoms with Crippen molar-refractivity contribution in [2.24, 2.45) is 0 Å². The van der Waals surface area contributed by atoms with E-state index in [0.717, 1.165) is 36.3 Å². The molecular formula is C15H23NO3. The molecule has 0 aliphatic carbocycles. The first kappa shape index (κ1) is 15.3. The lowest BCUT2D eigenvalue weighted by Gasteiger charge is -2.12. The summed E-state index contributed by atoms with van der Waals surface area (Å²) >= 11 is 0. The average Bonchev–Trinajstić information content (AvgIpc) is 2.39. The molecule has 4 nitrogen and oxygen atoms in total. The van der Waals surface area contributed by atoms with E-state index in [1.807, 2.05) is 18.2 Å². The summed E-state index contributed by atoms with van der Waals surface area (Å²) in [7, 11) is 1.64. The third-order valence-corrected chi connectivity index (χ3v) is 2.77. The van der Waals surface area contributed by atoms with Gasteiger partial charge >= 0.3 is 0 Å². The first-order chi connectivity index (χ1) is 9.17. The van der Waals surface area contributed by atoms with Crippen LogP contribution < -0.4 is 14.8 Å². The number of hydrogen-bond donors (Lipinski definition) is 1. The summed E-state index contributed by atoms with van der Waals surface area (Å²) in [6.07, 6.45) is 2.91. The average molecular weight is 265 g/mol. The Morgan fingerprint density at radius 3 is 2.74 bits per heavy atom. The maximum Gasteiger partial charge on any atom is 0.216 e. The van der Waals surface area contributed by atoms with Gasteiger partial charge in [0.1, 0.15) is 0 Å². The lowest BCUT2D eigenvalue weighted by Crippen LogP contribution is -2.22. The molecular weight excluding hydrogens is 242 g/mol. The minimum absolute atomic E-state index is 0.00655. The van der Waals surface area contributed by atoms with Crippen molar-refractivity contribution in [2.45, 2.75) is 33.1 Å². The zero-order valence-corrected chi connectivity index (χ0v) is 12.0. The Balaban J connectivity index is 2.62. The van der Waals surface area contributed by atoms with E-state index < -0.39 is 0 Å². The minimum Gasteiger partial charge on any atom is -0.493 e. The molecule has 1 N–H and O–H groups in total. The van der Waals surface area contributed by atoms with E-state index in [9.17, 15) is 4.79 Å². The highest BCUT2D eigenvalue weighted by atomic mass is 16.5. The molecule has 0 saturated carbocycles. The maximum atomic E-state index is 10.8. The number of benzene rings is 1. The van der Waals surface area contributed by atoms with Crippen molar-refractivity contribution < 1.29 is 14.3 Å². The molecule has 1 amide bonds. The summed E-state index contributed by atoms with van der Waals surface area (Å²) in [5.74, 6) is 1.52. The summed E-state index contributed by atoms with van der Waals surface area (Å²) in [6.45, 7) is 4.98. The van der Waals surface area contributed by atoms with Crippen molar-refractivity contribution in [1.82, 2.24) is 5.32 Å². The van der Waals surface area contributed by atoms with Gasteiger partial charge in [-0.15, -0.1) is 0 Å². The third-order valence-electron chi connectivity index (χ3n) is 2.77. The van der Waals surface area contributed by atoms with Crippen LogP contribution in [0.2, 0.25) is 0 Å². The Morgan fingerprint density at radius 1 is 1.32 bits per heavy atom. The third kappa shape index (κ3) is 5.64. The van der Waals surface area contributed by atoms with Gasteiger partial charge in [-0.2, -0.15) is 0 Å². The standard InChI is InChI=1S/C15H23NO3/c1-4-5-10-19-15-11-13(6-7-14(15)18-3)8-9-16-12(2)17/h6-7,11H,4-5,8-10H2,1-3H3,(H,16,17). The summed E-state index contributed by atoms with van der Waals surface area (Å²) in [5.41, 5.74) is 1.13. The number of amides is 1. The van der Waals surface area contributed by atoms with Crippen LogP contribution in [0.4, 0.5) is 0 Å². The Labute approximate surface area is 115 Å². The van der Waals surface area contributed by atoms with Crippen molar-refractivity contribution in [3.8, 4) is 11.5 Å². The highest BCUT2D eigenvalue weighted by Gasteiger charge is 2.06. The highest BCUT2D eigenvalue weighted by molar-refractivity contribution is 5.72. The van der Waals surface area contributed by atoms with Gasteiger partial charge in [-0.3, -0.25) is 4.79 Å². The van der Waals surface area contributed by atoms with Crippen LogP contribution in [0.25, 0.3) is 0 Å². The molecule has 0 aromatic heterocycles. The Hall–Kier alpha value is -1.71. The van der Waals surface area contributed by atoms with E-state index >= 15 is 0 Å². The molecule has 0 atom stereocenters. The Kier molecular flexibility index (Phi) is 6.79. The molecule has 106 valence electrons. The quantitative estimate of drug-likeness (QED) is 0.735. The van der Waals surface area contributed by atoms with E-state index in [4.69, 9.17) is 9.47 Å². The van der Waals surface area contributed by atoms with Gasteiger partial charge in [0.05, 0.1) is 13.7 Å². The lowest BCUT2D eigenvalue weighted by atomic mass is 10.1. The Morgan fingerprint density at radius 2 is 2.11 bits per heavy atom. The molecule has 1 aromatic carbocycles. The number of carbonyl (C=O) groups excluding carboxylic acids is 1. The zero-order valence-electron chi connectivity index (χ0n) is 12.0. The summed E-state index contributed by atoms with van der Waals surface area (Å²) < 4.78 is 11.0. The van der Waals surface area contributed by atoms with Gasteiger partial charge in [0.25, 0.3) is 0 Å². The number of unbranched alkanes of at least 4 members (excludes halogenated alkanes) is 1. The molecule has 0 heterocycles. The van der Waals surface area contributed by atoms with Crippen LogP contribution in [0.15, 0.2) is 18.2 Å². The first-order valence-corrected chi connectivity index (χ1v) is 6.71. The molecule has 4 heteroatoms. The molecule has 0 bridgehead atoms. The number of ether oxygens (including phenoxy) is 2. The monoisotopic (exact) mass is 265 g/mol. The number of methoxy groups -OCH3 is 1. The second-order valence-corrected chi connectivity index (χ2v) is 4.42. The van der Waals surface area contributed by atoms with Gasteiger partial charge in [0, 0.05) is 13.5 Å². The minimum atomic E-state index is -0.00655. The molecule has 0 spiro atoms. The topological polar surface area (TPSA) is 47.6 Å². The molecule has 0 aliphatic heterocycles. The molecule has 1 rings (SSSR count). The van der Waals surface area contributed by atoms with Crippen LogP contribution in [0, 0.1) is 0 Å². The van der Waals surface area contributed by atoms with Crippen molar-refractivity contribution in [2.75, 3.05) is 20.3 Å². The van der Waals surface area contributed by atoms with Gasteiger partial charge in [0.15, 0.2) is 11.5 Å². The van der Waals surface area contributed by atoms with Crippen LogP contribution in [-0.4, -0.2) is 26.2 Å². The Bertz CT molecular complexity index is 404. The van der Waals surface area contributed by atoms with Crippen molar-refractivity contribution in [1.29, 1.82) is 0 Å². The summed E-state index contributed by atoms with van der Waals surface area (Å²) in [5, 5.41) is 2.78. The normalized spacial score (nSPS) is 10.1. The van der Waals surface area contributed by atoms with Crippen LogP contribution in [0.5, 0.6) is 11.5 Å². The van der Waals surface area contributed by atoms with Crippen molar-refractivity contribution in [3.63, 3.8) is 0 Å². The second-order valence-electron chi connectivity index (χ2n) is 4.42. The van der Waals surface area contributed by atoms with Gasteiger partial charge in [-0.05, 0) is 30.5 Å². The second kappa shape index (κ2) is 8.40. The molecule has 0 saturated heterocycles.